The highest BCUT2D eigenvalue weighted by atomic mass is 19.1. The maximum absolute atomic E-state index is 14.0. The van der Waals surface area contributed by atoms with Crippen LogP contribution in [0.15, 0.2) is 24.3 Å². The van der Waals surface area contributed by atoms with Crippen molar-refractivity contribution in [3.05, 3.63) is 58.0 Å². The van der Waals surface area contributed by atoms with Crippen molar-refractivity contribution in [3.8, 4) is 6.07 Å². The number of benzene rings is 1. The number of esters is 1. The molecule has 1 heterocycles. The number of ether oxygens (including phenoxy) is 1. The zero-order valence-electron chi connectivity index (χ0n) is 13.9. The molecule has 0 saturated carbocycles. The van der Waals surface area contributed by atoms with Gasteiger partial charge in [0, 0.05) is 17.8 Å². The molecule has 1 aliphatic carbocycles. The monoisotopic (exact) mass is 339 g/mol. The number of halogens is 1. The van der Waals surface area contributed by atoms with Gasteiger partial charge in [-0.05, 0) is 55.5 Å². The van der Waals surface area contributed by atoms with Gasteiger partial charge in [0.1, 0.15) is 17.7 Å². The van der Waals surface area contributed by atoms with Crippen LogP contribution in [-0.2, 0) is 24.1 Å². The van der Waals surface area contributed by atoms with Gasteiger partial charge in [0.25, 0.3) is 0 Å². The number of anilines is 1. The Labute approximate surface area is 145 Å². The van der Waals surface area contributed by atoms with E-state index in [-0.39, 0.29) is 12.1 Å². The minimum Gasteiger partial charge on any atom is -0.465 e. The number of carbonyl (C=O) groups excluding carboxylic acids is 1. The van der Waals surface area contributed by atoms with Gasteiger partial charge in [-0.1, -0.05) is 0 Å². The van der Waals surface area contributed by atoms with Crippen molar-refractivity contribution < 1.29 is 13.9 Å². The lowest BCUT2D eigenvalue weighted by molar-refractivity contribution is 0.0600. The molecule has 128 valence electrons. The van der Waals surface area contributed by atoms with E-state index in [1.54, 1.807) is 0 Å². The van der Waals surface area contributed by atoms with E-state index < -0.39 is 11.8 Å². The molecular weight excluding hydrogens is 321 g/mol. The van der Waals surface area contributed by atoms with Crippen molar-refractivity contribution in [2.45, 2.75) is 32.2 Å². The van der Waals surface area contributed by atoms with Crippen molar-refractivity contribution in [2.75, 3.05) is 12.4 Å². The van der Waals surface area contributed by atoms with Crippen LogP contribution in [0.5, 0.6) is 0 Å². The fourth-order valence-corrected chi connectivity index (χ4v) is 2.99. The summed E-state index contributed by atoms with van der Waals surface area (Å²) >= 11 is 0. The zero-order chi connectivity index (χ0) is 17.8. The summed E-state index contributed by atoms with van der Waals surface area (Å²) < 4.78 is 18.7. The fraction of sp³-hybridized carbons (Fsp3) is 0.316. The maximum atomic E-state index is 14.0. The highest BCUT2D eigenvalue weighted by Gasteiger charge is 2.16. The number of hydrogen-bond acceptors (Lipinski definition) is 5. The van der Waals surface area contributed by atoms with E-state index in [1.807, 2.05) is 6.07 Å². The van der Waals surface area contributed by atoms with Gasteiger partial charge in [-0.25, -0.2) is 14.2 Å². The van der Waals surface area contributed by atoms with E-state index in [1.165, 1.54) is 25.3 Å². The molecule has 0 radical (unpaired) electrons. The summed E-state index contributed by atoms with van der Waals surface area (Å²) in [6.45, 7) is 0.122. The molecule has 0 bridgehead atoms. The number of carbonyl (C=O) groups is 1. The Hall–Kier alpha value is -2.94. The summed E-state index contributed by atoms with van der Waals surface area (Å²) in [5, 5.41) is 12.4. The number of nitrogens with one attached hydrogen (secondary N) is 1. The molecule has 0 atom stereocenters. The molecule has 5 nitrogen and oxygen atoms in total. The molecule has 0 fully saturated rings. The van der Waals surface area contributed by atoms with Crippen LogP contribution in [0.1, 0.15) is 45.6 Å². The Balaban J connectivity index is 1.84. The summed E-state index contributed by atoms with van der Waals surface area (Å²) in [4.78, 5) is 16.1. The third-order valence-corrected chi connectivity index (χ3v) is 4.33. The van der Waals surface area contributed by atoms with Crippen LogP contribution < -0.4 is 5.32 Å². The Morgan fingerprint density at radius 2 is 2.16 bits per heavy atom. The van der Waals surface area contributed by atoms with E-state index in [0.717, 1.165) is 36.9 Å². The van der Waals surface area contributed by atoms with Crippen molar-refractivity contribution in [3.63, 3.8) is 0 Å². The fourth-order valence-electron chi connectivity index (χ4n) is 2.99. The molecular formula is C19H18FN3O2. The Kier molecular flexibility index (Phi) is 4.94. The number of fused-ring (bicyclic) bond motifs is 1. The van der Waals surface area contributed by atoms with Crippen LogP contribution in [0, 0.1) is 17.1 Å². The lowest BCUT2D eigenvalue weighted by Crippen LogP contribution is -2.12. The third-order valence-electron chi connectivity index (χ3n) is 4.33. The topological polar surface area (TPSA) is 75.0 Å². The SMILES string of the molecule is COC(=O)c1ccc(F)c(CNc2nc3c(cc2C#N)CCCC3)c1. The first-order chi connectivity index (χ1) is 12.1. The number of nitrogens with zero attached hydrogens (tertiary/aromatic N) is 2. The standard InChI is InChI=1S/C19H18FN3O2/c1-25-19(24)13-6-7-16(20)15(9-13)11-22-18-14(10-21)8-12-4-2-3-5-17(12)23-18/h6-9H,2-5,11H2,1H3,(H,22,23). The van der Waals surface area contributed by atoms with Crippen LogP contribution in [0.4, 0.5) is 10.2 Å². The second kappa shape index (κ2) is 7.31. The summed E-state index contributed by atoms with van der Waals surface area (Å²) in [5.41, 5.74) is 3.15. The summed E-state index contributed by atoms with van der Waals surface area (Å²) in [6, 6.07) is 8.06. The lowest BCUT2D eigenvalue weighted by atomic mass is 9.95. The van der Waals surface area contributed by atoms with Crippen LogP contribution >= 0.6 is 0 Å². The minimum absolute atomic E-state index is 0.122. The molecule has 3 rings (SSSR count). The van der Waals surface area contributed by atoms with Crippen LogP contribution in [-0.4, -0.2) is 18.1 Å². The number of methoxy groups -OCH3 is 1. The van der Waals surface area contributed by atoms with Crippen LogP contribution in [0.2, 0.25) is 0 Å². The summed E-state index contributed by atoms with van der Waals surface area (Å²) in [5.74, 6) is -0.506. The summed E-state index contributed by atoms with van der Waals surface area (Å²) in [6.07, 6.45) is 4.02. The Morgan fingerprint density at radius 1 is 1.36 bits per heavy atom. The van der Waals surface area contributed by atoms with Gasteiger partial charge < -0.3 is 10.1 Å². The van der Waals surface area contributed by atoms with Gasteiger partial charge >= 0.3 is 5.97 Å². The van der Waals surface area contributed by atoms with E-state index in [2.05, 4.69) is 21.1 Å². The first kappa shape index (κ1) is 16.9. The second-order valence-electron chi connectivity index (χ2n) is 5.96. The van der Waals surface area contributed by atoms with Crippen LogP contribution in [0.3, 0.4) is 0 Å². The minimum atomic E-state index is -0.522. The van der Waals surface area contributed by atoms with Crippen molar-refractivity contribution in [1.82, 2.24) is 4.98 Å². The molecule has 0 aliphatic heterocycles. The molecule has 0 amide bonds. The first-order valence-electron chi connectivity index (χ1n) is 8.16. The molecule has 0 saturated heterocycles. The Bertz CT molecular complexity index is 858. The quantitative estimate of drug-likeness (QED) is 0.865. The molecule has 1 aromatic carbocycles. The number of rotatable bonds is 4. The average molecular weight is 339 g/mol. The van der Waals surface area contributed by atoms with E-state index >= 15 is 0 Å². The lowest BCUT2D eigenvalue weighted by Gasteiger charge is -2.17. The number of aromatic nitrogens is 1. The highest BCUT2D eigenvalue weighted by Crippen LogP contribution is 2.25. The number of pyridine rings is 1. The van der Waals surface area contributed by atoms with Crippen molar-refractivity contribution in [1.29, 1.82) is 5.26 Å². The largest absolute Gasteiger partial charge is 0.465 e. The predicted molar refractivity (Wildman–Crippen MR) is 90.7 cm³/mol. The number of hydrogen-bond donors (Lipinski definition) is 1. The molecule has 6 heteroatoms. The molecule has 2 aromatic rings. The van der Waals surface area contributed by atoms with E-state index in [4.69, 9.17) is 0 Å². The second-order valence-corrected chi connectivity index (χ2v) is 5.96. The first-order valence-corrected chi connectivity index (χ1v) is 8.16. The predicted octanol–water partition coefficient (Wildman–Crippen LogP) is 3.37. The molecule has 1 aromatic heterocycles. The summed E-state index contributed by atoms with van der Waals surface area (Å²) in [7, 11) is 1.28. The van der Waals surface area contributed by atoms with Crippen molar-refractivity contribution in [2.24, 2.45) is 0 Å². The van der Waals surface area contributed by atoms with Gasteiger partial charge in [-0.15, -0.1) is 0 Å². The number of aryl methyl sites for hydroxylation is 2. The highest BCUT2D eigenvalue weighted by molar-refractivity contribution is 5.89. The smallest absolute Gasteiger partial charge is 0.337 e. The molecule has 0 unspecified atom stereocenters. The zero-order valence-corrected chi connectivity index (χ0v) is 13.9. The van der Waals surface area contributed by atoms with Gasteiger partial charge in [0.15, 0.2) is 0 Å². The maximum Gasteiger partial charge on any atom is 0.337 e. The average Bonchev–Trinajstić information content (AvgIpc) is 2.65. The molecule has 25 heavy (non-hydrogen) atoms. The van der Waals surface area contributed by atoms with Crippen LogP contribution in [0.25, 0.3) is 0 Å². The molecule has 0 spiro atoms. The Morgan fingerprint density at radius 3 is 2.92 bits per heavy atom. The normalized spacial score (nSPS) is 12.8. The van der Waals surface area contributed by atoms with Gasteiger partial charge in [-0.2, -0.15) is 5.26 Å². The number of nitriles is 1. The van der Waals surface area contributed by atoms with E-state index in [9.17, 15) is 14.4 Å². The third kappa shape index (κ3) is 3.61. The molecule has 1 N–H and O–H groups in total. The van der Waals surface area contributed by atoms with E-state index in [0.29, 0.717) is 16.9 Å². The van der Waals surface area contributed by atoms with Crippen molar-refractivity contribution >= 4 is 11.8 Å². The van der Waals surface area contributed by atoms with Gasteiger partial charge in [0.05, 0.1) is 18.2 Å². The van der Waals surface area contributed by atoms with Gasteiger partial charge in [-0.3, -0.25) is 0 Å². The molecule has 1 aliphatic rings. The van der Waals surface area contributed by atoms with Gasteiger partial charge in [0.2, 0.25) is 0 Å².